The van der Waals surface area contributed by atoms with E-state index in [2.05, 4.69) is 22.1 Å². The van der Waals surface area contributed by atoms with Gasteiger partial charge >= 0.3 is 0 Å². The minimum atomic E-state index is -3.02. The Bertz CT molecular complexity index is 213. The Morgan fingerprint density at radius 1 is 1.42 bits per heavy atom. The highest BCUT2D eigenvalue weighted by Crippen LogP contribution is 1.88. The van der Waals surface area contributed by atoms with Crippen LogP contribution in [0.4, 0.5) is 0 Å². The van der Waals surface area contributed by atoms with Crippen molar-refractivity contribution in [2.24, 2.45) is 0 Å². The molecule has 0 amide bonds. The molecule has 3 radical (unpaired) electrons. The molecule has 0 aromatic heterocycles. The zero-order valence-electron chi connectivity index (χ0n) is 7.04. The average Bonchev–Trinajstić information content (AvgIpc) is 2.04. The molecule has 0 saturated carbocycles. The van der Waals surface area contributed by atoms with Crippen molar-refractivity contribution in [3.63, 3.8) is 0 Å². The maximum atomic E-state index is 10.9. The Morgan fingerprint density at radius 2 is 2.08 bits per heavy atom. The summed E-state index contributed by atoms with van der Waals surface area (Å²) in [6.45, 7) is 4.57. The van der Waals surface area contributed by atoms with Gasteiger partial charge in [0.05, 0.1) is 5.75 Å². The maximum absolute atomic E-state index is 10.9. The van der Waals surface area contributed by atoms with Gasteiger partial charge in [0, 0.05) is 22.2 Å². The van der Waals surface area contributed by atoms with Crippen LogP contribution in [0.3, 0.4) is 0 Å². The molecule has 0 atom stereocenters. The molecule has 0 aliphatic heterocycles. The van der Waals surface area contributed by atoms with Gasteiger partial charge < -0.3 is 5.32 Å². The Morgan fingerprint density at radius 3 is 2.58 bits per heavy atom. The predicted octanol–water partition coefficient (Wildman–Crippen LogP) is 0.111. The van der Waals surface area contributed by atoms with Gasteiger partial charge in [0.15, 0.2) is 9.84 Å². The summed E-state index contributed by atoms with van der Waals surface area (Å²) >= 11 is 0. The van der Waals surface area contributed by atoms with Crippen LogP contribution in [0.1, 0.15) is 6.42 Å². The van der Waals surface area contributed by atoms with Gasteiger partial charge in [-0.3, -0.25) is 0 Å². The van der Waals surface area contributed by atoms with E-state index in [1.807, 2.05) is 0 Å². The number of rotatable bonds is 7. The number of hydrogen-bond donors (Lipinski definition) is 1. The summed E-state index contributed by atoms with van der Waals surface area (Å²) in [5.74, 6) is 0.137. The monoisotopic (exact) mass is 204 g/mol. The molecular weight excluding hydrogens is 190 g/mol. The van der Waals surface area contributed by atoms with E-state index in [4.69, 9.17) is 0 Å². The lowest BCUT2D eigenvalue weighted by atomic mass is 10.5. The quantitative estimate of drug-likeness (QED) is 0.473. The molecule has 5 heteroatoms. The first-order valence-corrected chi connectivity index (χ1v) is 6.25. The van der Waals surface area contributed by atoms with Crippen molar-refractivity contribution in [3.8, 4) is 0 Å². The largest absolute Gasteiger partial charge is 0.316 e. The van der Waals surface area contributed by atoms with Gasteiger partial charge in [-0.05, 0) is 13.0 Å². The molecule has 0 bridgehead atoms. The Hall–Kier alpha value is -0.133. The van der Waals surface area contributed by atoms with E-state index in [0.717, 1.165) is 24.4 Å². The summed E-state index contributed by atoms with van der Waals surface area (Å²) in [4.78, 5) is 0. The minimum Gasteiger partial charge on any atom is -0.316 e. The van der Waals surface area contributed by atoms with Crippen LogP contribution in [0.5, 0.6) is 0 Å². The van der Waals surface area contributed by atoms with E-state index in [0.29, 0.717) is 6.54 Å². The average molecular weight is 204 g/mol. The van der Waals surface area contributed by atoms with Crippen LogP contribution >= 0.6 is 0 Å². The number of hydrogen-bond acceptors (Lipinski definition) is 3. The third kappa shape index (κ3) is 6.57. The summed E-state index contributed by atoms with van der Waals surface area (Å²) in [7, 11) is 0.307. The fourth-order valence-corrected chi connectivity index (χ4v) is 1.41. The van der Waals surface area contributed by atoms with Crippen molar-refractivity contribution in [2.45, 2.75) is 12.5 Å². The van der Waals surface area contributed by atoms with E-state index in [9.17, 15) is 8.42 Å². The molecule has 69 valence electrons. The summed E-state index contributed by atoms with van der Waals surface area (Å²) in [5, 5.41) is 4.02. The Labute approximate surface area is 77.6 Å². The molecule has 0 fully saturated rings. The van der Waals surface area contributed by atoms with Crippen molar-refractivity contribution in [2.75, 3.05) is 18.8 Å². The molecule has 0 unspecified atom stereocenters. The molecule has 0 saturated heterocycles. The van der Waals surface area contributed by atoms with Crippen LogP contribution in [0.25, 0.3) is 0 Å². The number of nitrogens with one attached hydrogen (secondary N) is 1. The van der Waals surface area contributed by atoms with Gasteiger partial charge in [0.2, 0.25) is 0 Å². The fourth-order valence-electron chi connectivity index (χ4n) is 0.636. The van der Waals surface area contributed by atoms with E-state index < -0.39 is 9.84 Å². The molecule has 0 aliphatic rings. The van der Waals surface area contributed by atoms with Crippen LogP contribution in [0, 0.1) is 0 Å². The fraction of sp³-hybridized carbons (Fsp3) is 0.714. The van der Waals surface area contributed by atoms with Crippen molar-refractivity contribution in [1.82, 2.24) is 5.32 Å². The van der Waals surface area contributed by atoms with Gasteiger partial charge in [-0.15, -0.1) is 0 Å². The first-order chi connectivity index (χ1) is 5.62. The smallest absolute Gasteiger partial charge is 0.172 e. The maximum Gasteiger partial charge on any atom is 0.172 e. The molecule has 0 rings (SSSR count). The molecule has 1 N–H and O–H groups in total. The lowest BCUT2D eigenvalue weighted by molar-refractivity contribution is 0.599. The molecule has 0 spiro atoms. The first kappa shape index (κ1) is 11.9. The van der Waals surface area contributed by atoms with Crippen molar-refractivity contribution >= 4 is 20.1 Å². The zero-order chi connectivity index (χ0) is 9.45. The molecule has 0 aliphatic carbocycles. The van der Waals surface area contributed by atoms with Gasteiger partial charge in [-0.25, -0.2) is 8.42 Å². The van der Waals surface area contributed by atoms with Crippen LogP contribution in [-0.4, -0.2) is 37.5 Å². The highest BCUT2D eigenvalue weighted by molar-refractivity contribution is 7.94. The van der Waals surface area contributed by atoms with E-state index in [-0.39, 0.29) is 5.75 Å². The van der Waals surface area contributed by atoms with Crippen LogP contribution < -0.4 is 5.32 Å². The highest BCUT2D eigenvalue weighted by Gasteiger charge is 2.02. The van der Waals surface area contributed by atoms with Gasteiger partial charge in [0.25, 0.3) is 0 Å². The highest BCUT2D eigenvalue weighted by atomic mass is 32.2. The molecular formula is C7H14NO2SSi. The topological polar surface area (TPSA) is 46.2 Å². The zero-order valence-corrected chi connectivity index (χ0v) is 8.86. The molecule has 12 heavy (non-hydrogen) atoms. The normalized spacial score (nSPS) is 11.4. The standard InChI is InChI=1S/C7H14NO2SSi/c1-2-11(9,10)6-5-8-4-3-7-12/h2,8H,1,3-7H2. The van der Waals surface area contributed by atoms with Crippen LogP contribution in [0.2, 0.25) is 6.04 Å². The summed E-state index contributed by atoms with van der Waals surface area (Å²) in [5.41, 5.74) is 0. The lowest BCUT2D eigenvalue weighted by Crippen LogP contribution is -2.22. The summed E-state index contributed by atoms with van der Waals surface area (Å²) < 4.78 is 21.7. The number of sulfone groups is 1. The second kappa shape index (κ2) is 6.39. The predicted molar refractivity (Wildman–Crippen MR) is 52.0 cm³/mol. The van der Waals surface area contributed by atoms with E-state index in [1.165, 1.54) is 0 Å². The van der Waals surface area contributed by atoms with Crippen LogP contribution in [-0.2, 0) is 9.84 Å². The summed E-state index contributed by atoms with van der Waals surface area (Å²) in [6, 6.07) is 0.932. The van der Waals surface area contributed by atoms with Gasteiger partial charge in [0.1, 0.15) is 0 Å². The first-order valence-electron chi connectivity index (χ1n) is 3.83. The lowest BCUT2D eigenvalue weighted by Gasteiger charge is -2.01. The Balaban J connectivity index is 3.38. The SMILES string of the molecule is C=CS(=O)(=O)CCNCCC[Si]. The minimum absolute atomic E-state index is 0.137. The third-order valence-corrected chi connectivity index (χ3v) is 2.98. The molecule has 3 nitrogen and oxygen atoms in total. The second-order valence-corrected chi connectivity index (χ2v) is 4.95. The second-order valence-electron chi connectivity index (χ2n) is 2.39. The van der Waals surface area contributed by atoms with Gasteiger partial charge in [-0.2, -0.15) is 0 Å². The molecule has 0 heterocycles. The van der Waals surface area contributed by atoms with Crippen molar-refractivity contribution in [3.05, 3.63) is 12.0 Å². The van der Waals surface area contributed by atoms with Crippen molar-refractivity contribution in [1.29, 1.82) is 0 Å². The molecule has 0 aromatic carbocycles. The van der Waals surface area contributed by atoms with Crippen LogP contribution in [0.15, 0.2) is 12.0 Å². The van der Waals surface area contributed by atoms with Gasteiger partial charge in [-0.1, -0.05) is 12.6 Å². The third-order valence-electron chi connectivity index (χ3n) is 1.35. The van der Waals surface area contributed by atoms with E-state index in [1.54, 1.807) is 0 Å². The van der Waals surface area contributed by atoms with Crippen molar-refractivity contribution < 1.29 is 8.42 Å². The van der Waals surface area contributed by atoms with E-state index >= 15 is 0 Å². The molecule has 0 aromatic rings. The Kier molecular flexibility index (Phi) is 6.32. The summed E-state index contributed by atoms with van der Waals surface area (Å²) in [6.07, 6.45) is 1.00.